The van der Waals surface area contributed by atoms with Gasteiger partial charge in [0, 0.05) is 5.56 Å². The van der Waals surface area contributed by atoms with Gasteiger partial charge in [0.25, 0.3) is 5.91 Å². The van der Waals surface area contributed by atoms with Gasteiger partial charge in [-0.3, -0.25) is 4.79 Å². The van der Waals surface area contributed by atoms with Crippen molar-refractivity contribution < 1.29 is 19.1 Å². The van der Waals surface area contributed by atoms with Gasteiger partial charge in [-0.05, 0) is 36.8 Å². The maximum Gasteiger partial charge on any atom is 0.335 e. The molecule has 0 spiro atoms. The van der Waals surface area contributed by atoms with Crippen molar-refractivity contribution in [3.63, 3.8) is 0 Å². The second-order valence-corrected chi connectivity index (χ2v) is 6.65. The highest BCUT2D eigenvalue weighted by atomic mass is 32.2. The van der Waals surface area contributed by atoms with E-state index >= 15 is 0 Å². The summed E-state index contributed by atoms with van der Waals surface area (Å²) in [5, 5.41) is 14.3. The molecule has 0 bridgehead atoms. The van der Waals surface area contributed by atoms with E-state index in [2.05, 4.69) is 5.10 Å². The second kappa shape index (κ2) is 6.58. The average molecular weight is 360 g/mol. The fourth-order valence-electron chi connectivity index (χ4n) is 2.16. The molecular formula is C16H12N2O4S2. The van der Waals surface area contributed by atoms with Crippen LogP contribution >= 0.6 is 24.0 Å². The van der Waals surface area contributed by atoms with E-state index in [4.69, 9.17) is 21.7 Å². The molecule has 8 heteroatoms. The Kier molecular flexibility index (Phi) is 4.50. The standard InChI is InChI=1S/C16H12N2O4S2/c1-9-2-3-10(15(20)21)6-12(9)13-5-4-11(22-13)7-17-18-14(19)8-24-16(18)23/h2-7H,8H2,1H3,(H,20,21)/b17-7-. The molecule has 1 N–H and O–H groups in total. The van der Waals surface area contributed by atoms with E-state index in [1.54, 1.807) is 30.3 Å². The van der Waals surface area contributed by atoms with Crippen LogP contribution in [0.1, 0.15) is 21.7 Å². The van der Waals surface area contributed by atoms with Crippen molar-refractivity contribution in [1.29, 1.82) is 0 Å². The Morgan fingerprint density at radius 1 is 1.42 bits per heavy atom. The van der Waals surface area contributed by atoms with Crippen LogP contribution in [0.5, 0.6) is 0 Å². The molecule has 24 heavy (non-hydrogen) atoms. The molecule has 1 aromatic heterocycles. The average Bonchev–Trinajstić information content (AvgIpc) is 3.13. The summed E-state index contributed by atoms with van der Waals surface area (Å²) < 4.78 is 6.10. The number of carboxylic acid groups (broad SMARTS) is 1. The van der Waals surface area contributed by atoms with Crippen LogP contribution in [-0.2, 0) is 4.79 Å². The van der Waals surface area contributed by atoms with Crippen LogP contribution in [-0.4, -0.2) is 38.3 Å². The molecule has 1 aromatic carbocycles. The smallest absolute Gasteiger partial charge is 0.335 e. The number of carboxylic acids is 1. The van der Waals surface area contributed by atoms with E-state index in [0.29, 0.717) is 27.2 Å². The summed E-state index contributed by atoms with van der Waals surface area (Å²) in [6.07, 6.45) is 1.41. The van der Waals surface area contributed by atoms with Crippen LogP contribution < -0.4 is 0 Å². The second-order valence-electron chi connectivity index (χ2n) is 5.04. The van der Waals surface area contributed by atoms with Crippen LogP contribution in [0.15, 0.2) is 39.9 Å². The van der Waals surface area contributed by atoms with Crippen molar-refractivity contribution in [1.82, 2.24) is 5.01 Å². The number of carbonyl (C=O) groups excluding carboxylic acids is 1. The third-order valence-corrected chi connectivity index (χ3v) is 4.74. The zero-order valence-corrected chi connectivity index (χ0v) is 14.2. The van der Waals surface area contributed by atoms with Gasteiger partial charge in [0.05, 0.1) is 17.5 Å². The first-order chi connectivity index (χ1) is 11.5. The number of carbonyl (C=O) groups is 2. The van der Waals surface area contributed by atoms with Crippen molar-refractivity contribution in [2.75, 3.05) is 5.75 Å². The molecule has 0 radical (unpaired) electrons. The number of aromatic carboxylic acids is 1. The summed E-state index contributed by atoms with van der Waals surface area (Å²) in [6.45, 7) is 1.87. The van der Waals surface area contributed by atoms with Crippen molar-refractivity contribution in [2.45, 2.75) is 6.92 Å². The molecular weight excluding hydrogens is 348 g/mol. The minimum Gasteiger partial charge on any atom is -0.478 e. The first kappa shape index (κ1) is 16.4. The van der Waals surface area contributed by atoms with Crippen LogP contribution in [0.3, 0.4) is 0 Å². The van der Waals surface area contributed by atoms with Gasteiger partial charge in [-0.2, -0.15) is 10.1 Å². The Morgan fingerprint density at radius 2 is 2.21 bits per heavy atom. The molecule has 0 atom stereocenters. The van der Waals surface area contributed by atoms with Crippen LogP contribution in [0.2, 0.25) is 0 Å². The summed E-state index contributed by atoms with van der Waals surface area (Å²) in [5.41, 5.74) is 1.77. The maximum absolute atomic E-state index is 11.6. The predicted molar refractivity (Wildman–Crippen MR) is 95.3 cm³/mol. The lowest BCUT2D eigenvalue weighted by Crippen LogP contribution is -2.22. The molecule has 1 amide bonds. The maximum atomic E-state index is 11.6. The van der Waals surface area contributed by atoms with Gasteiger partial charge in [0.15, 0.2) is 4.32 Å². The Bertz CT molecular complexity index is 857. The fraction of sp³-hybridized carbons (Fsp3) is 0.125. The number of hydrazone groups is 1. The number of rotatable bonds is 4. The van der Waals surface area contributed by atoms with Crippen LogP contribution in [0.25, 0.3) is 11.3 Å². The Hall–Kier alpha value is -2.45. The van der Waals surface area contributed by atoms with Gasteiger partial charge in [0.2, 0.25) is 0 Å². The number of hydrogen-bond acceptors (Lipinski definition) is 6. The largest absolute Gasteiger partial charge is 0.478 e. The van der Waals surface area contributed by atoms with Crippen molar-refractivity contribution in [2.24, 2.45) is 5.10 Å². The van der Waals surface area contributed by atoms with Gasteiger partial charge in [0.1, 0.15) is 11.5 Å². The highest BCUT2D eigenvalue weighted by Gasteiger charge is 2.26. The highest BCUT2D eigenvalue weighted by molar-refractivity contribution is 8.23. The lowest BCUT2D eigenvalue weighted by molar-refractivity contribution is -0.124. The quantitative estimate of drug-likeness (QED) is 0.666. The molecule has 1 aliphatic heterocycles. The molecule has 0 saturated carbocycles. The number of aryl methyl sites for hydroxylation is 1. The third kappa shape index (κ3) is 3.24. The third-order valence-electron chi connectivity index (χ3n) is 3.41. The highest BCUT2D eigenvalue weighted by Crippen LogP contribution is 2.26. The molecule has 1 aliphatic rings. The Balaban J connectivity index is 1.86. The first-order valence-corrected chi connectivity index (χ1v) is 8.33. The number of benzene rings is 1. The van der Waals surface area contributed by atoms with Gasteiger partial charge in [-0.25, -0.2) is 4.79 Å². The zero-order valence-electron chi connectivity index (χ0n) is 12.6. The van der Waals surface area contributed by atoms with E-state index in [1.807, 2.05) is 6.92 Å². The monoisotopic (exact) mass is 360 g/mol. The topological polar surface area (TPSA) is 83.1 Å². The van der Waals surface area contributed by atoms with Gasteiger partial charge >= 0.3 is 5.97 Å². The molecule has 1 saturated heterocycles. The van der Waals surface area contributed by atoms with E-state index in [1.165, 1.54) is 23.0 Å². The van der Waals surface area contributed by atoms with Gasteiger partial charge in [-0.1, -0.05) is 30.0 Å². The van der Waals surface area contributed by atoms with Gasteiger partial charge in [-0.15, -0.1) is 0 Å². The summed E-state index contributed by atoms with van der Waals surface area (Å²) in [7, 11) is 0. The lowest BCUT2D eigenvalue weighted by Gasteiger charge is -2.05. The zero-order chi connectivity index (χ0) is 17.3. The molecule has 6 nitrogen and oxygen atoms in total. The SMILES string of the molecule is Cc1ccc(C(=O)O)cc1-c1ccc(/C=N\N2C(=O)CSC2=S)o1. The first-order valence-electron chi connectivity index (χ1n) is 6.93. The summed E-state index contributed by atoms with van der Waals surface area (Å²) in [6, 6.07) is 8.27. The molecule has 0 aliphatic carbocycles. The van der Waals surface area contributed by atoms with Crippen LogP contribution in [0, 0.1) is 6.92 Å². The van der Waals surface area contributed by atoms with E-state index in [9.17, 15) is 9.59 Å². The summed E-state index contributed by atoms with van der Waals surface area (Å²) in [5.74, 6) is 0.0985. The normalized spacial score (nSPS) is 14.8. The molecule has 2 heterocycles. The van der Waals surface area contributed by atoms with Crippen molar-refractivity contribution in [3.8, 4) is 11.3 Å². The van der Waals surface area contributed by atoms with Crippen molar-refractivity contribution >= 4 is 46.4 Å². The fourth-order valence-corrected chi connectivity index (χ4v) is 3.13. The van der Waals surface area contributed by atoms with E-state index in [-0.39, 0.29) is 11.5 Å². The molecule has 3 rings (SSSR count). The summed E-state index contributed by atoms with van der Waals surface area (Å²) in [4.78, 5) is 22.7. The van der Waals surface area contributed by atoms with E-state index < -0.39 is 5.97 Å². The van der Waals surface area contributed by atoms with Crippen LogP contribution in [0.4, 0.5) is 0 Å². The number of thioether (sulfide) groups is 1. The number of furan rings is 1. The molecule has 0 unspecified atom stereocenters. The Morgan fingerprint density at radius 3 is 2.88 bits per heavy atom. The number of thiocarbonyl (C=S) groups is 1. The predicted octanol–water partition coefficient (Wildman–Crippen LogP) is 3.15. The molecule has 1 fully saturated rings. The molecule has 122 valence electrons. The lowest BCUT2D eigenvalue weighted by atomic mass is 10.0. The minimum atomic E-state index is -0.997. The number of nitrogens with zero attached hydrogens (tertiary/aromatic N) is 2. The van der Waals surface area contributed by atoms with Gasteiger partial charge < -0.3 is 9.52 Å². The number of hydrogen-bond donors (Lipinski definition) is 1. The minimum absolute atomic E-state index is 0.168. The number of amides is 1. The molecule has 2 aromatic rings. The summed E-state index contributed by atoms with van der Waals surface area (Å²) >= 11 is 6.30. The van der Waals surface area contributed by atoms with E-state index in [0.717, 1.165) is 5.56 Å². The Labute approximate surface area is 147 Å². The van der Waals surface area contributed by atoms with Crippen molar-refractivity contribution in [3.05, 3.63) is 47.2 Å².